The van der Waals surface area contributed by atoms with Gasteiger partial charge in [0, 0.05) is 25.7 Å². The van der Waals surface area contributed by atoms with Crippen molar-refractivity contribution < 1.29 is 4.79 Å². The summed E-state index contributed by atoms with van der Waals surface area (Å²) in [6.07, 6.45) is 0.505. The van der Waals surface area contributed by atoms with Crippen molar-refractivity contribution in [2.24, 2.45) is 0 Å². The van der Waals surface area contributed by atoms with Crippen LogP contribution >= 0.6 is 0 Å². The van der Waals surface area contributed by atoms with E-state index in [1.54, 1.807) is 7.05 Å². The summed E-state index contributed by atoms with van der Waals surface area (Å²) in [5, 5.41) is 5.72. The number of nitrogens with one attached hydrogen (secondary N) is 2. The first-order chi connectivity index (χ1) is 6.33. The van der Waals surface area contributed by atoms with E-state index < -0.39 is 0 Å². The highest BCUT2D eigenvalue weighted by molar-refractivity contribution is 5.76. The van der Waals surface area contributed by atoms with E-state index >= 15 is 0 Å². The van der Waals surface area contributed by atoms with Gasteiger partial charge >= 0.3 is 0 Å². The number of benzene rings is 1. The third kappa shape index (κ3) is 3.60. The summed E-state index contributed by atoms with van der Waals surface area (Å²) in [6.45, 7) is 0.670. The number of anilines is 1. The van der Waals surface area contributed by atoms with E-state index in [1.807, 2.05) is 30.3 Å². The Morgan fingerprint density at radius 1 is 1.31 bits per heavy atom. The smallest absolute Gasteiger partial charge is 0.221 e. The molecule has 13 heavy (non-hydrogen) atoms. The normalized spacial score (nSPS) is 9.31. The van der Waals surface area contributed by atoms with Gasteiger partial charge in [0.25, 0.3) is 0 Å². The highest BCUT2D eigenvalue weighted by Crippen LogP contribution is 2.04. The lowest BCUT2D eigenvalue weighted by Gasteiger charge is -2.04. The Morgan fingerprint density at radius 3 is 2.62 bits per heavy atom. The zero-order chi connectivity index (χ0) is 9.52. The molecule has 0 bridgehead atoms. The number of rotatable bonds is 4. The van der Waals surface area contributed by atoms with Crippen LogP contribution in [0.25, 0.3) is 0 Å². The lowest BCUT2D eigenvalue weighted by molar-refractivity contribution is -0.120. The average Bonchev–Trinajstić information content (AvgIpc) is 2.19. The molecule has 0 atom stereocenters. The molecular weight excluding hydrogens is 164 g/mol. The van der Waals surface area contributed by atoms with Crippen molar-refractivity contribution in [2.45, 2.75) is 6.42 Å². The van der Waals surface area contributed by atoms with Crippen molar-refractivity contribution in [3.05, 3.63) is 30.3 Å². The summed E-state index contributed by atoms with van der Waals surface area (Å²) in [6, 6.07) is 9.84. The lowest BCUT2D eigenvalue weighted by Crippen LogP contribution is -2.20. The summed E-state index contributed by atoms with van der Waals surface area (Å²) in [5.74, 6) is 0.0587. The molecule has 3 nitrogen and oxygen atoms in total. The van der Waals surface area contributed by atoms with Crippen LogP contribution in [0.2, 0.25) is 0 Å². The fourth-order valence-corrected chi connectivity index (χ4v) is 1.00. The third-order valence-corrected chi connectivity index (χ3v) is 1.73. The quantitative estimate of drug-likeness (QED) is 0.728. The van der Waals surface area contributed by atoms with Gasteiger partial charge in [-0.2, -0.15) is 0 Å². The molecule has 0 saturated carbocycles. The van der Waals surface area contributed by atoms with Gasteiger partial charge in [-0.3, -0.25) is 4.79 Å². The lowest BCUT2D eigenvalue weighted by atomic mass is 10.3. The molecule has 2 N–H and O–H groups in total. The van der Waals surface area contributed by atoms with Gasteiger partial charge in [-0.05, 0) is 12.1 Å². The molecule has 0 aromatic heterocycles. The van der Waals surface area contributed by atoms with Crippen molar-refractivity contribution in [3.8, 4) is 0 Å². The second kappa shape index (κ2) is 5.19. The molecule has 70 valence electrons. The average molecular weight is 178 g/mol. The second-order valence-corrected chi connectivity index (χ2v) is 2.72. The van der Waals surface area contributed by atoms with E-state index in [0.29, 0.717) is 13.0 Å². The van der Waals surface area contributed by atoms with Gasteiger partial charge in [0.15, 0.2) is 0 Å². The fourth-order valence-electron chi connectivity index (χ4n) is 1.00. The predicted molar refractivity (Wildman–Crippen MR) is 53.6 cm³/mol. The zero-order valence-corrected chi connectivity index (χ0v) is 7.71. The van der Waals surface area contributed by atoms with Crippen LogP contribution in [0.1, 0.15) is 6.42 Å². The number of amides is 1. The maximum absolute atomic E-state index is 10.9. The van der Waals surface area contributed by atoms with Gasteiger partial charge < -0.3 is 10.6 Å². The number of carbonyl (C=O) groups is 1. The van der Waals surface area contributed by atoms with Gasteiger partial charge in [0.05, 0.1) is 0 Å². The van der Waals surface area contributed by atoms with Gasteiger partial charge in [-0.25, -0.2) is 0 Å². The SMILES string of the molecule is CNC(=O)CCNc1ccccc1. The van der Waals surface area contributed by atoms with Gasteiger partial charge in [-0.15, -0.1) is 0 Å². The molecule has 0 spiro atoms. The fraction of sp³-hybridized carbons (Fsp3) is 0.300. The van der Waals surface area contributed by atoms with Crippen LogP contribution < -0.4 is 10.6 Å². The molecule has 0 aliphatic heterocycles. The van der Waals surface area contributed by atoms with E-state index in [2.05, 4.69) is 10.6 Å². The highest BCUT2D eigenvalue weighted by atomic mass is 16.1. The van der Waals surface area contributed by atoms with E-state index in [-0.39, 0.29) is 5.91 Å². The highest BCUT2D eigenvalue weighted by Gasteiger charge is 1.95. The van der Waals surface area contributed by atoms with Crippen LogP contribution in [-0.2, 0) is 4.79 Å². The molecular formula is C10H14N2O. The van der Waals surface area contributed by atoms with Crippen molar-refractivity contribution in [1.82, 2.24) is 5.32 Å². The second-order valence-electron chi connectivity index (χ2n) is 2.72. The number of para-hydroxylation sites is 1. The number of hydrogen-bond acceptors (Lipinski definition) is 2. The first-order valence-electron chi connectivity index (χ1n) is 4.32. The largest absolute Gasteiger partial charge is 0.385 e. The van der Waals surface area contributed by atoms with Gasteiger partial charge in [-0.1, -0.05) is 18.2 Å². The minimum absolute atomic E-state index is 0.0587. The monoisotopic (exact) mass is 178 g/mol. The molecule has 1 aromatic carbocycles. The molecule has 3 heteroatoms. The maximum atomic E-state index is 10.9. The summed E-state index contributed by atoms with van der Waals surface area (Å²) in [7, 11) is 1.64. The van der Waals surface area contributed by atoms with Crippen LogP contribution in [0.3, 0.4) is 0 Å². The van der Waals surface area contributed by atoms with Crippen molar-refractivity contribution in [3.63, 3.8) is 0 Å². The molecule has 0 saturated heterocycles. The van der Waals surface area contributed by atoms with Crippen LogP contribution in [0.5, 0.6) is 0 Å². The Bertz CT molecular complexity index is 259. The van der Waals surface area contributed by atoms with E-state index in [9.17, 15) is 4.79 Å². The van der Waals surface area contributed by atoms with E-state index in [0.717, 1.165) is 5.69 Å². The van der Waals surface area contributed by atoms with Crippen molar-refractivity contribution in [2.75, 3.05) is 18.9 Å². The van der Waals surface area contributed by atoms with Crippen molar-refractivity contribution in [1.29, 1.82) is 0 Å². The summed E-state index contributed by atoms with van der Waals surface area (Å²) >= 11 is 0. The van der Waals surface area contributed by atoms with Crippen LogP contribution in [0.4, 0.5) is 5.69 Å². The summed E-state index contributed by atoms with van der Waals surface area (Å²) in [4.78, 5) is 10.9. The first kappa shape index (κ1) is 9.58. The Hall–Kier alpha value is -1.51. The van der Waals surface area contributed by atoms with E-state index in [4.69, 9.17) is 0 Å². The number of carbonyl (C=O) groups excluding carboxylic acids is 1. The minimum Gasteiger partial charge on any atom is -0.385 e. The first-order valence-corrected chi connectivity index (χ1v) is 4.32. The molecule has 1 amide bonds. The Kier molecular flexibility index (Phi) is 3.82. The summed E-state index contributed by atoms with van der Waals surface area (Å²) in [5.41, 5.74) is 1.05. The summed E-state index contributed by atoms with van der Waals surface area (Å²) < 4.78 is 0. The number of hydrogen-bond donors (Lipinski definition) is 2. The molecule has 1 aromatic rings. The third-order valence-electron chi connectivity index (χ3n) is 1.73. The Labute approximate surface area is 78.2 Å². The molecule has 1 rings (SSSR count). The van der Waals surface area contributed by atoms with Crippen LogP contribution in [0, 0.1) is 0 Å². The molecule has 0 aliphatic carbocycles. The minimum atomic E-state index is 0.0587. The standard InChI is InChI=1S/C10H14N2O/c1-11-10(13)7-8-12-9-5-3-2-4-6-9/h2-6,12H,7-8H2,1H3,(H,11,13). The Morgan fingerprint density at radius 2 is 2.00 bits per heavy atom. The van der Waals surface area contributed by atoms with Crippen LogP contribution in [0.15, 0.2) is 30.3 Å². The van der Waals surface area contributed by atoms with Gasteiger partial charge in [0.2, 0.25) is 5.91 Å². The molecule has 0 fully saturated rings. The molecule has 0 aliphatic rings. The van der Waals surface area contributed by atoms with Crippen LogP contribution in [-0.4, -0.2) is 19.5 Å². The molecule has 0 unspecified atom stereocenters. The van der Waals surface area contributed by atoms with Gasteiger partial charge in [0.1, 0.15) is 0 Å². The van der Waals surface area contributed by atoms with Crippen molar-refractivity contribution >= 4 is 11.6 Å². The predicted octanol–water partition coefficient (Wildman–Crippen LogP) is 1.23. The zero-order valence-electron chi connectivity index (χ0n) is 7.71. The molecule has 0 heterocycles. The molecule has 0 radical (unpaired) electrons. The Balaban J connectivity index is 2.24. The maximum Gasteiger partial charge on any atom is 0.221 e. The van der Waals surface area contributed by atoms with E-state index in [1.165, 1.54) is 0 Å². The topological polar surface area (TPSA) is 41.1 Å².